The largest absolute Gasteiger partial charge is 0.462 e. The van der Waals surface area contributed by atoms with Crippen LogP contribution in [0.25, 0.3) is 0 Å². The number of carbonyl (C=O) groups is 2. The van der Waals surface area contributed by atoms with Crippen molar-refractivity contribution in [2.24, 2.45) is 11.8 Å². The molecule has 1 heterocycles. The van der Waals surface area contributed by atoms with Gasteiger partial charge in [0.15, 0.2) is 5.78 Å². The SMILES string of the molecule is COC[C@@H](C)C(=O)C(C)C(=O)OCC1CNC(O)O1. The van der Waals surface area contributed by atoms with Crippen molar-refractivity contribution in [3.05, 3.63) is 0 Å². The van der Waals surface area contributed by atoms with Gasteiger partial charge in [0, 0.05) is 19.6 Å². The summed E-state index contributed by atoms with van der Waals surface area (Å²) >= 11 is 0. The number of hydrogen-bond donors (Lipinski definition) is 2. The Morgan fingerprint density at radius 1 is 1.47 bits per heavy atom. The highest BCUT2D eigenvalue weighted by Gasteiger charge is 2.29. The van der Waals surface area contributed by atoms with Crippen LogP contribution in [-0.2, 0) is 23.8 Å². The van der Waals surface area contributed by atoms with Gasteiger partial charge in [0.25, 0.3) is 0 Å². The molecule has 1 fully saturated rings. The molecule has 3 unspecified atom stereocenters. The number of Topliss-reactive ketones (excluding diaryl/α,β-unsaturated/α-hetero) is 1. The molecule has 0 aromatic rings. The lowest BCUT2D eigenvalue weighted by Crippen LogP contribution is -2.32. The highest BCUT2D eigenvalue weighted by Crippen LogP contribution is 2.11. The molecule has 0 spiro atoms. The molecule has 1 aliphatic heterocycles. The van der Waals surface area contributed by atoms with Crippen LogP contribution in [0.3, 0.4) is 0 Å². The summed E-state index contributed by atoms with van der Waals surface area (Å²) in [6.45, 7) is 3.91. The number of carbonyl (C=O) groups excluding carboxylic acids is 2. The maximum atomic E-state index is 11.9. The van der Waals surface area contributed by atoms with Gasteiger partial charge < -0.3 is 19.3 Å². The molecule has 0 saturated carbocycles. The van der Waals surface area contributed by atoms with Gasteiger partial charge in [-0.1, -0.05) is 6.92 Å². The van der Waals surface area contributed by atoms with Crippen molar-refractivity contribution in [1.29, 1.82) is 0 Å². The Bertz CT molecular complexity index is 321. The van der Waals surface area contributed by atoms with E-state index in [1.165, 1.54) is 14.0 Å². The van der Waals surface area contributed by atoms with Gasteiger partial charge in [-0.2, -0.15) is 0 Å². The van der Waals surface area contributed by atoms with Crippen LogP contribution in [0, 0.1) is 11.8 Å². The molecule has 0 aromatic carbocycles. The zero-order valence-corrected chi connectivity index (χ0v) is 11.4. The molecule has 4 atom stereocenters. The van der Waals surface area contributed by atoms with Gasteiger partial charge in [0.05, 0.1) is 6.61 Å². The molecule has 110 valence electrons. The lowest BCUT2D eigenvalue weighted by molar-refractivity contribution is -0.160. The third kappa shape index (κ3) is 4.87. The summed E-state index contributed by atoms with van der Waals surface area (Å²) in [6, 6.07) is 0. The van der Waals surface area contributed by atoms with Crippen LogP contribution >= 0.6 is 0 Å². The van der Waals surface area contributed by atoms with E-state index in [0.717, 1.165) is 0 Å². The molecule has 0 radical (unpaired) electrons. The van der Waals surface area contributed by atoms with Crippen molar-refractivity contribution < 1.29 is 28.9 Å². The number of ketones is 1. The molecule has 0 bridgehead atoms. The number of aliphatic hydroxyl groups excluding tert-OH is 1. The average Bonchev–Trinajstić information content (AvgIpc) is 2.80. The van der Waals surface area contributed by atoms with Gasteiger partial charge in [-0.15, -0.1) is 0 Å². The Labute approximate surface area is 112 Å². The molecule has 1 rings (SSSR count). The van der Waals surface area contributed by atoms with E-state index in [1.807, 2.05) is 0 Å². The fourth-order valence-electron chi connectivity index (χ4n) is 1.78. The number of aliphatic hydroxyl groups is 1. The second-order valence-electron chi connectivity index (χ2n) is 4.63. The first-order valence-corrected chi connectivity index (χ1v) is 6.22. The quantitative estimate of drug-likeness (QED) is 0.468. The van der Waals surface area contributed by atoms with Crippen LogP contribution < -0.4 is 5.32 Å². The van der Waals surface area contributed by atoms with Crippen molar-refractivity contribution in [3.8, 4) is 0 Å². The Balaban J connectivity index is 2.33. The maximum Gasteiger partial charge on any atom is 0.316 e. The lowest BCUT2D eigenvalue weighted by Gasteiger charge is -2.16. The highest BCUT2D eigenvalue weighted by molar-refractivity contribution is 5.99. The number of ether oxygens (including phenoxy) is 3. The summed E-state index contributed by atoms with van der Waals surface area (Å²) < 4.78 is 14.9. The summed E-state index contributed by atoms with van der Waals surface area (Å²) in [7, 11) is 1.50. The van der Waals surface area contributed by atoms with Crippen LogP contribution in [0.5, 0.6) is 0 Å². The van der Waals surface area contributed by atoms with Crippen LogP contribution in [0.15, 0.2) is 0 Å². The van der Waals surface area contributed by atoms with Crippen LogP contribution in [0.1, 0.15) is 13.8 Å². The Morgan fingerprint density at radius 3 is 2.68 bits per heavy atom. The fraction of sp³-hybridized carbons (Fsp3) is 0.833. The first kappa shape index (κ1) is 16.0. The summed E-state index contributed by atoms with van der Waals surface area (Å²) in [5, 5.41) is 11.7. The van der Waals surface area contributed by atoms with Crippen molar-refractivity contribution in [3.63, 3.8) is 0 Å². The molecular weight excluding hydrogens is 254 g/mol. The van der Waals surface area contributed by atoms with Gasteiger partial charge in [-0.05, 0) is 6.92 Å². The Morgan fingerprint density at radius 2 is 2.16 bits per heavy atom. The minimum Gasteiger partial charge on any atom is -0.462 e. The molecule has 1 saturated heterocycles. The molecule has 0 amide bonds. The second kappa shape index (κ2) is 7.54. The number of esters is 1. The summed E-state index contributed by atoms with van der Waals surface area (Å²) in [4.78, 5) is 23.6. The number of nitrogens with one attached hydrogen (secondary N) is 1. The topological polar surface area (TPSA) is 94.1 Å². The second-order valence-corrected chi connectivity index (χ2v) is 4.63. The van der Waals surface area contributed by atoms with E-state index in [-0.39, 0.29) is 24.9 Å². The number of hydrogen-bond acceptors (Lipinski definition) is 7. The lowest BCUT2D eigenvalue weighted by atomic mass is 9.96. The smallest absolute Gasteiger partial charge is 0.316 e. The minimum atomic E-state index is -1.02. The van der Waals surface area contributed by atoms with Gasteiger partial charge >= 0.3 is 5.97 Å². The van der Waals surface area contributed by atoms with Crippen molar-refractivity contribution in [2.75, 3.05) is 26.9 Å². The molecule has 19 heavy (non-hydrogen) atoms. The first-order valence-electron chi connectivity index (χ1n) is 6.22. The van der Waals surface area contributed by atoms with Gasteiger partial charge in [-0.3, -0.25) is 14.9 Å². The van der Waals surface area contributed by atoms with E-state index in [2.05, 4.69) is 5.32 Å². The van der Waals surface area contributed by atoms with Gasteiger partial charge in [0.1, 0.15) is 18.6 Å². The molecule has 0 aliphatic carbocycles. The van der Waals surface area contributed by atoms with Gasteiger partial charge in [0.2, 0.25) is 6.41 Å². The maximum absolute atomic E-state index is 11.9. The number of methoxy groups -OCH3 is 1. The predicted molar refractivity (Wildman–Crippen MR) is 65.1 cm³/mol. The monoisotopic (exact) mass is 275 g/mol. The summed E-state index contributed by atoms with van der Waals surface area (Å²) in [5.41, 5.74) is 0. The van der Waals surface area contributed by atoms with Crippen molar-refractivity contribution >= 4 is 11.8 Å². The van der Waals surface area contributed by atoms with E-state index < -0.39 is 24.4 Å². The standard InChI is InChI=1S/C12H21NO6/c1-7(5-17-3)10(14)8(2)11(15)18-6-9-4-13-12(16)19-9/h7-9,12-13,16H,4-6H2,1-3H3/t7-,8?,9?,12?/m1/s1. The minimum absolute atomic E-state index is 0.0131. The molecule has 7 heteroatoms. The molecule has 2 N–H and O–H groups in total. The van der Waals surface area contributed by atoms with E-state index in [9.17, 15) is 9.59 Å². The summed E-state index contributed by atoms with van der Waals surface area (Å²) in [5.74, 6) is -1.97. The normalized spacial score (nSPS) is 25.9. The van der Waals surface area contributed by atoms with E-state index in [4.69, 9.17) is 19.3 Å². The first-order chi connectivity index (χ1) is 8.95. The molecule has 7 nitrogen and oxygen atoms in total. The Hall–Kier alpha value is -1.02. The van der Waals surface area contributed by atoms with E-state index >= 15 is 0 Å². The number of rotatable bonds is 7. The van der Waals surface area contributed by atoms with Crippen molar-refractivity contribution in [1.82, 2.24) is 5.32 Å². The zero-order chi connectivity index (χ0) is 14.4. The predicted octanol–water partition coefficient (Wildman–Crippen LogP) is -0.718. The third-order valence-electron chi connectivity index (χ3n) is 2.94. The summed E-state index contributed by atoms with van der Waals surface area (Å²) in [6.07, 6.45) is -1.41. The van der Waals surface area contributed by atoms with E-state index in [0.29, 0.717) is 6.54 Å². The van der Waals surface area contributed by atoms with Crippen LogP contribution in [-0.4, -0.2) is 56.2 Å². The third-order valence-corrected chi connectivity index (χ3v) is 2.94. The Kier molecular flexibility index (Phi) is 6.36. The average molecular weight is 275 g/mol. The van der Waals surface area contributed by atoms with Crippen LogP contribution in [0.2, 0.25) is 0 Å². The van der Waals surface area contributed by atoms with Crippen LogP contribution in [0.4, 0.5) is 0 Å². The zero-order valence-electron chi connectivity index (χ0n) is 11.4. The van der Waals surface area contributed by atoms with E-state index in [1.54, 1.807) is 6.92 Å². The fourth-order valence-corrected chi connectivity index (χ4v) is 1.78. The molecule has 1 aliphatic rings. The van der Waals surface area contributed by atoms with Gasteiger partial charge in [-0.25, -0.2) is 0 Å². The molecule has 0 aromatic heterocycles. The molecular formula is C12H21NO6. The van der Waals surface area contributed by atoms with Crippen molar-refractivity contribution in [2.45, 2.75) is 26.4 Å². The highest BCUT2D eigenvalue weighted by atomic mass is 16.7.